The van der Waals surface area contributed by atoms with Crippen LogP contribution in [-0.4, -0.2) is 28.9 Å². The number of ether oxygens (including phenoxy) is 1. The van der Waals surface area contributed by atoms with Crippen molar-refractivity contribution < 1.29 is 14.6 Å². The third-order valence-electron chi connectivity index (χ3n) is 3.31. The molecule has 5 heteroatoms. The minimum Gasteiger partial charge on any atom is -0.478 e. The Morgan fingerprint density at radius 1 is 1.41 bits per heavy atom. The second kappa shape index (κ2) is 4.33. The topological polar surface area (TPSA) is 68.5 Å². The average molecular weight is 237 g/mol. The molecule has 0 spiro atoms. The number of carbonyl (C=O) groups is 1. The lowest BCUT2D eigenvalue weighted by Crippen LogP contribution is -2.42. The Balaban J connectivity index is 2.46. The van der Waals surface area contributed by atoms with Crippen LogP contribution in [0, 0.1) is 0 Å². The molecule has 0 aromatic carbocycles. The third kappa shape index (κ3) is 2.24. The molecule has 0 bridgehead atoms. The van der Waals surface area contributed by atoms with Gasteiger partial charge in [0.05, 0.1) is 5.56 Å². The van der Waals surface area contributed by atoms with Gasteiger partial charge in [-0.05, 0) is 25.8 Å². The van der Waals surface area contributed by atoms with Gasteiger partial charge in [-0.25, -0.2) is 4.79 Å². The number of hydrogen-bond acceptors (Lipinski definition) is 3. The van der Waals surface area contributed by atoms with Gasteiger partial charge in [-0.2, -0.15) is 0 Å². The highest BCUT2D eigenvalue weighted by molar-refractivity contribution is 5.87. The Bertz CT molecular complexity index is 486. The monoisotopic (exact) mass is 237 g/mol. The molecular weight excluding hydrogens is 222 g/mol. The van der Waals surface area contributed by atoms with Crippen LogP contribution in [0.3, 0.4) is 0 Å². The van der Waals surface area contributed by atoms with Gasteiger partial charge >= 0.3 is 5.97 Å². The predicted molar refractivity (Wildman–Crippen MR) is 61.4 cm³/mol. The number of hydrogen-bond donors (Lipinski definition) is 1. The maximum atomic E-state index is 11.8. The minimum absolute atomic E-state index is 0.136. The van der Waals surface area contributed by atoms with Crippen molar-refractivity contribution >= 4 is 5.97 Å². The summed E-state index contributed by atoms with van der Waals surface area (Å²) in [5.74, 6) is -1.02. The number of carboxylic acids is 1. The molecule has 0 radical (unpaired) electrons. The molecule has 1 N–H and O–H groups in total. The van der Waals surface area contributed by atoms with Crippen molar-refractivity contribution in [3.05, 3.63) is 34.2 Å². The molecule has 1 saturated heterocycles. The number of rotatable bonds is 2. The zero-order chi connectivity index (χ0) is 12.5. The lowest BCUT2D eigenvalue weighted by Gasteiger charge is -2.35. The molecule has 2 heterocycles. The molecule has 1 aliphatic rings. The molecule has 0 amide bonds. The van der Waals surface area contributed by atoms with Gasteiger partial charge < -0.3 is 14.4 Å². The number of pyridine rings is 1. The summed E-state index contributed by atoms with van der Waals surface area (Å²) < 4.78 is 6.80. The molecule has 0 saturated carbocycles. The fourth-order valence-corrected chi connectivity index (χ4v) is 2.09. The van der Waals surface area contributed by atoms with Crippen LogP contribution in [-0.2, 0) is 10.3 Å². The number of carboxylic acid groups (broad SMARTS) is 1. The van der Waals surface area contributed by atoms with Crippen molar-refractivity contribution in [3.63, 3.8) is 0 Å². The molecule has 17 heavy (non-hydrogen) atoms. The fourth-order valence-electron chi connectivity index (χ4n) is 2.09. The van der Waals surface area contributed by atoms with Crippen molar-refractivity contribution in [2.45, 2.75) is 25.3 Å². The van der Waals surface area contributed by atoms with Crippen LogP contribution in [0.1, 0.15) is 30.1 Å². The standard InChI is InChI=1S/C12H15NO4/c1-12(4-6-17-7-5-12)13-8-9(11(15)16)2-3-10(13)14/h2-3,8H,4-7H2,1H3,(H,15,16). The van der Waals surface area contributed by atoms with Crippen LogP contribution in [0.5, 0.6) is 0 Å². The Labute approximate surface area is 98.6 Å². The van der Waals surface area contributed by atoms with E-state index in [1.807, 2.05) is 6.92 Å². The van der Waals surface area contributed by atoms with E-state index in [0.29, 0.717) is 13.2 Å². The van der Waals surface area contributed by atoms with Crippen molar-refractivity contribution in [3.8, 4) is 0 Å². The van der Waals surface area contributed by atoms with Crippen molar-refractivity contribution in [1.82, 2.24) is 4.57 Å². The SMILES string of the molecule is CC1(n2cc(C(=O)O)ccc2=O)CCOCC1. The summed E-state index contributed by atoms with van der Waals surface area (Å²) in [5.41, 5.74) is -0.377. The molecule has 92 valence electrons. The number of aromatic carboxylic acids is 1. The summed E-state index contributed by atoms with van der Waals surface area (Å²) in [4.78, 5) is 22.7. The van der Waals surface area contributed by atoms with Crippen LogP contribution in [0.2, 0.25) is 0 Å². The second-order valence-corrected chi connectivity index (χ2v) is 4.54. The minimum atomic E-state index is -1.02. The first-order valence-electron chi connectivity index (χ1n) is 5.57. The van der Waals surface area contributed by atoms with Gasteiger partial charge in [0, 0.05) is 31.0 Å². The first-order valence-corrected chi connectivity index (χ1v) is 5.57. The van der Waals surface area contributed by atoms with E-state index < -0.39 is 5.97 Å². The zero-order valence-corrected chi connectivity index (χ0v) is 9.68. The molecule has 1 aliphatic heterocycles. The maximum Gasteiger partial charge on any atom is 0.337 e. The van der Waals surface area contributed by atoms with Crippen molar-refractivity contribution in [1.29, 1.82) is 0 Å². The van der Waals surface area contributed by atoms with E-state index in [1.54, 1.807) is 0 Å². The van der Waals surface area contributed by atoms with Crippen molar-refractivity contribution in [2.24, 2.45) is 0 Å². The van der Waals surface area contributed by atoms with E-state index >= 15 is 0 Å². The van der Waals surface area contributed by atoms with E-state index in [9.17, 15) is 9.59 Å². The summed E-state index contributed by atoms with van der Waals surface area (Å²) in [6.45, 7) is 3.16. The van der Waals surface area contributed by atoms with E-state index in [4.69, 9.17) is 9.84 Å². The number of nitrogens with zero attached hydrogens (tertiary/aromatic N) is 1. The molecule has 2 rings (SSSR count). The zero-order valence-electron chi connectivity index (χ0n) is 9.68. The lowest BCUT2D eigenvalue weighted by molar-refractivity contribution is 0.0278. The predicted octanol–water partition coefficient (Wildman–Crippen LogP) is 1.07. The normalized spacial score (nSPS) is 18.9. The largest absolute Gasteiger partial charge is 0.478 e. The number of aromatic nitrogens is 1. The molecule has 0 unspecified atom stereocenters. The fraction of sp³-hybridized carbons (Fsp3) is 0.500. The van der Waals surface area contributed by atoms with Gasteiger partial charge in [-0.15, -0.1) is 0 Å². The van der Waals surface area contributed by atoms with E-state index in [0.717, 1.165) is 12.8 Å². The Hall–Kier alpha value is -1.62. The summed E-state index contributed by atoms with van der Waals surface area (Å²) in [6, 6.07) is 2.65. The molecule has 1 aromatic heterocycles. The van der Waals surface area contributed by atoms with E-state index in [2.05, 4.69) is 0 Å². The van der Waals surface area contributed by atoms with Gasteiger partial charge in [0.1, 0.15) is 0 Å². The molecule has 5 nitrogen and oxygen atoms in total. The van der Waals surface area contributed by atoms with Crippen LogP contribution >= 0.6 is 0 Å². The van der Waals surface area contributed by atoms with Gasteiger partial charge in [0.15, 0.2) is 0 Å². The van der Waals surface area contributed by atoms with Gasteiger partial charge in [0.2, 0.25) is 0 Å². The highest BCUT2D eigenvalue weighted by atomic mass is 16.5. The van der Waals surface area contributed by atoms with Crippen molar-refractivity contribution in [2.75, 3.05) is 13.2 Å². The second-order valence-electron chi connectivity index (χ2n) is 4.54. The Morgan fingerprint density at radius 2 is 2.06 bits per heavy atom. The molecule has 0 atom stereocenters. The van der Waals surface area contributed by atoms with Crippen LogP contribution in [0.4, 0.5) is 0 Å². The summed E-state index contributed by atoms with van der Waals surface area (Å²) in [6.07, 6.45) is 2.86. The third-order valence-corrected chi connectivity index (χ3v) is 3.31. The summed E-state index contributed by atoms with van der Waals surface area (Å²) in [5, 5.41) is 8.94. The quantitative estimate of drug-likeness (QED) is 0.835. The van der Waals surface area contributed by atoms with E-state index in [-0.39, 0.29) is 16.7 Å². The van der Waals surface area contributed by atoms with E-state index in [1.165, 1.54) is 22.9 Å². The molecular formula is C12H15NO4. The lowest BCUT2D eigenvalue weighted by atomic mass is 9.92. The van der Waals surface area contributed by atoms with Crippen LogP contribution in [0.15, 0.2) is 23.1 Å². The van der Waals surface area contributed by atoms with Gasteiger partial charge in [-0.3, -0.25) is 4.79 Å². The summed E-state index contributed by atoms with van der Waals surface area (Å²) in [7, 11) is 0. The van der Waals surface area contributed by atoms with Crippen LogP contribution < -0.4 is 5.56 Å². The maximum absolute atomic E-state index is 11.8. The van der Waals surface area contributed by atoms with Gasteiger partial charge in [-0.1, -0.05) is 0 Å². The summed E-state index contributed by atoms with van der Waals surface area (Å²) >= 11 is 0. The first-order chi connectivity index (χ1) is 8.03. The first kappa shape index (κ1) is 11.9. The molecule has 0 aliphatic carbocycles. The average Bonchev–Trinajstić information content (AvgIpc) is 2.30. The highest BCUT2D eigenvalue weighted by Crippen LogP contribution is 2.27. The Kier molecular flexibility index (Phi) is 3.02. The molecule has 1 fully saturated rings. The highest BCUT2D eigenvalue weighted by Gasteiger charge is 2.30. The molecule has 1 aromatic rings. The smallest absolute Gasteiger partial charge is 0.337 e. The Morgan fingerprint density at radius 3 is 2.65 bits per heavy atom. The van der Waals surface area contributed by atoms with Crippen LogP contribution in [0.25, 0.3) is 0 Å². The van der Waals surface area contributed by atoms with Gasteiger partial charge in [0.25, 0.3) is 5.56 Å².